The van der Waals surface area contributed by atoms with Crippen LogP contribution >= 0.6 is 0 Å². The number of hydrogen-bond acceptors (Lipinski definition) is 8. The van der Waals surface area contributed by atoms with Crippen LogP contribution in [0.3, 0.4) is 0 Å². The first-order valence-corrected chi connectivity index (χ1v) is 8.79. The molecule has 2 aromatic heterocycles. The van der Waals surface area contributed by atoms with Crippen molar-refractivity contribution >= 4 is 12.4 Å². The molecule has 1 saturated heterocycles. The van der Waals surface area contributed by atoms with Gasteiger partial charge in [-0.25, -0.2) is 4.68 Å². The zero-order valence-corrected chi connectivity index (χ0v) is 16.2. The van der Waals surface area contributed by atoms with Crippen molar-refractivity contribution in [2.75, 3.05) is 33.8 Å². The molecule has 2 atom stereocenters. The van der Waals surface area contributed by atoms with Crippen molar-refractivity contribution in [3.63, 3.8) is 0 Å². The lowest BCUT2D eigenvalue weighted by atomic mass is 10.00. The molecule has 2 aromatic rings. The van der Waals surface area contributed by atoms with E-state index in [-0.39, 0.29) is 24.5 Å². The molecule has 0 unspecified atom stereocenters. The number of hydrogen-bond donors (Lipinski definition) is 1. The summed E-state index contributed by atoms with van der Waals surface area (Å²) in [5.41, 5.74) is 0.991. The molecule has 0 saturated carbocycles. The third kappa shape index (κ3) is 5.82. The molecule has 1 fully saturated rings. The molecule has 0 aromatic carbocycles. The number of morpholine rings is 1. The Morgan fingerprint density at radius 3 is 2.79 bits per heavy atom. The second kappa shape index (κ2) is 10.5. The number of rotatable bonds is 6. The summed E-state index contributed by atoms with van der Waals surface area (Å²) in [5, 5.41) is 22.1. The van der Waals surface area contributed by atoms with E-state index in [1.54, 1.807) is 9.36 Å². The molecule has 3 heterocycles. The van der Waals surface area contributed by atoms with Crippen LogP contribution in [0.1, 0.15) is 18.0 Å². The summed E-state index contributed by atoms with van der Waals surface area (Å²) in [6, 6.07) is -0.147. The van der Waals surface area contributed by atoms with Crippen LogP contribution in [0.4, 0.5) is 0 Å². The van der Waals surface area contributed by atoms with Crippen LogP contribution in [-0.2, 0) is 27.9 Å². The highest BCUT2D eigenvalue weighted by molar-refractivity contribution is 5.76. The van der Waals surface area contributed by atoms with Gasteiger partial charge in [-0.05, 0) is 24.5 Å². The van der Waals surface area contributed by atoms with E-state index in [4.69, 9.17) is 14.6 Å². The van der Waals surface area contributed by atoms with E-state index in [2.05, 4.69) is 25.5 Å². The van der Waals surface area contributed by atoms with Crippen molar-refractivity contribution in [1.29, 1.82) is 0 Å². The van der Waals surface area contributed by atoms with Crippen LogP contribution in [0, 0.1) is 0 Å². The number of aryl methyl sites for hydroxylation is 2. The number of carbonyl (C=O) groups is 2. The summed E-state index contributed by atoms with van der Waals surface area (Å²) < 4.78 is 9.30. The first kappa shape index (κ1) is 21.4. The highest BCUT2D eigenvalue weighted by Crippen LogP contribution is 2.30. The summed E-state index contributed by atoms with van der Waals surface area (Å²) in [6.45, 7) is 2.04. The maximum Gasteiger partial charge on any atom is 0.290 e. The van der Waals surface area contributed by atoms with Gasteiger partial charge in [-0.15, -0.1) is 5.10 Å². The van der Waals surface area contributed by atoms with E-state index in [0.717, 1.165) is 12.1 Å². The van der Waals surface area contributed by atoms with E-state index < -0.39 is 0 Å². The van der Waals surface area contributed by atoms with Crippen LogP contribution in [0.5, 0.6) is 0 Å². The number of nitrogens with zero attached hydrogens (tertiary/aromatic N) is 8. The van der Waals surface area contributed by atoms with Crippen molar-refractivity contribution < 1.29 is 19.4 Å². The topological polar surface area (TPSA) is 131 Å². The molecule has 1 N–H and O–H groups in total. The van der Waals surface area contributed by atoms with Gasteiger partial charge in [0, 0.05) is 38.3 Å². The van der Waals surface area contributed by atoms with Crippen molar-refractivity contribution in [2.24, 2.45) is 7.05 Å². The zero-order valence-electron chi connectivity index (χ0n) is 16.2. The lowest BCUT2D eigenvalue weighted by Gasteiger charge is -2.41. The van der Waals surface area contributed by atoms with Gasteiger partial charge in [0.15, 0.2) is 0 Å². The summed E-state index contributed by atoms with van der Waals surface area (Å²) in [5.74, 6) is 0.0661. The molecule has 12 nitrogen and oxygen atoms in total. The van der Waals surface area contributed by atoms with Gasteiger partial charge < -0.3 is 19.6 Å². The van der Waals surface area contributed by atoms with E-state index in [0.29, 0.717) is 26.1 Å². The predicted molar refractivity (Wildman–Crippen MR) is 97.1 cm³/mol. The number of tetrazole rings is 1. The molecule has 1 aliphatic rings. The molecular formula is C16H26N8O4. The second-order valence-electron chi connectivity index (χ2n) is 6.58. The monoisotopic (exact) mass is 394 g/mol. The lowest BCUT2D eigenvalue weighted by molar-refractivity contribution is -0.148. The molecule has 1 aliphatic heterocycles. The molecule has 1 amide bonds. The Kier molecular flexibility index (Phi) is 8.02. The molecule has 0 spiro atoms. The maximum atomic E-state index is 12.9. The fourth-order valence-corrected chi connectivity index (χ4v) is 3.15. The Bertz CT molecular complexity index is 733. The number of amides is 1. The minimum Gasteiger partial charge on any atom is -0.483 e. The highest BCUT2D eigenvalue weighted by Gasteiger charge is 2.37. The van der Waals surface area contributed by atoms with E-state index in [1.807, 2.05) is 38.4 Å². The first-order chi connectivity index (χ1) is 13.5. The first-order valence-electron chi connectivity index (χ1n) is 8.79. The van der Waals surface area contributed by atoms with Gasteiger partial charge in [-0.3, -0.25) is 14.3 Å². The molecule has 0 radical (unpaired) electrons. The number of ether oxygens (including phenoxy) is 1. The number of likely N-dealkylation sites (N-methyl/N-ethyl adjacent to an activating group) is 1. The Hall–Kier alpha value is -2.86. The van der Waals surface area contributed by atoms with Gasteiger partial charge in [0.25, 0.3) is 6.47 Å². The molecule has 0 aliphatic carbocycles. The molecule has 28 heavy (non-hydrogen) atoms. The van der Waals surface area contributed by atoms with Crippen molar-refractivity contribution in [3.05, 3.63) is 24.3 Å². The fraction of sp³-hybridized carbons (Fsp3) is 0.625. The minimum atomic E-state index is -0.250. The van der Waals surface area contributed by atoms with Gasteiger partial charge in [0.1, 0.15) is 6.33 Å². The Balaban J connectivity index is 0.000000878. The molecule has 154 valence electrons. The molecule has 12 heteroatoms. The van der Waals surface area contributed by atoms with E-state index in [9.17, 15) is 4.79 Å². The van der Waals surface area contributed by atoms with Crippen LogP contribution in [0.25, 0.3) is 0 Å². The van der Waals surface area contributed by atoms with Crippen LogP contribution in [0.2, 0.25) is 0 Å². The lowest BCUT2D eigenvalue weighted by Crippen LogP contribution is -2.51. The van der Waals surface area contributed by atoms with Crippen molar-refractivity contribution in [1.82, 2.24) is 39.8 Å². The molecule has 0 bridgehead atoms. The van der Waals surface area contributed by atoms with Gasteiger partial charge >= 0.3 is 0 Å². The normalized spacial score (nSPS) is 19.2. The SMILES string of the molecule is CN(C)C[C@@H]1OCCN(C(=O)CCn2cnnn2)[C@H]1c1cnn(C)c1.O=CO. The maximum absolute atomic E-state index is 12.9. The van der Waals surface area contributed by atoms with Crippen LogP contribution < -0.4 is 0 Å². The second-order valence-corrected chi connectivity index (χ2v) is 6.58. The van der Waals surface area contributed by atoms with Crippen LogP contribution in [0.15, 0.2) is 18.7 Å². The summed E-state index contributed by atoms with van der Waals surface area (Å²) in [6.07, 6.45) is 5.52. The van der Waals surface area contributed by atoms with E-state index >= 15 is 0 Å². The van der Waals surface area contributed by atoms with Gasteiger partial charge in [-0.1, -0.05) is 0 Å². The largest absolute Gasteiger partial charge is 0.483 e. The van der Waals surface area contributed by atoms with Gasteiger partial charge in [0.05, 0.1) is 31.5 Å². The minimum absolute atomic E-state index is 0.0661. The van der Waals surface area contributed by atoms with Gasteiger partial charge in [0.2, 0.25) is 5.91 Å². The predicted octanol–water partition coefficient (Wildman–Crippen LogP) is -0.972. The quantitative estimate of drug-likeness (QED) is 0.615. The Morgan fingerprint density at radius 1 is 1.46 bits per heavy atom. The smallest absolute Gasteiger partial charge is 0.290 e. The Labute approximate surface area is 162 Å². The number of carbonyl (C=O) groups excluding carboxylic acids is 1. The summed E-state index contributed by atoms with van der Waals surface area (Å²) in [4.78, 5) is 25.2. The molecule has 3 rings (SSSR count). The number of aromatic nitrogens is 6. The summed E-state index contributed by atoms with van der Waals surface area (Å²) in [7, 11) is 5.88. The number of carboxylic acid groups (broad SMARTS) is 1. The average Bonchev–Trinajstić information content (AvgIpc) is 3.31. The molecular weight excluding hydrogens is 368 g/mol. The summed E-state index contributed by atoms with van der Waals surface area (Å²) >= 11 is 0. The standard InChI is InChI=1S/C15H24N8O2.CH2O2/c1-20(2)10-13-15(12-8-17-21(3)9-12)23(6-7-25-13)14(24)4-5-22-11-16-18-19-22;2-1-3/h8-9,11,13,15H,4-7,10H2,1-3H3;1H,(H,2,3)/t13-,15-;/m0./s1. The van der Waals surface area contributed by atoms with Crippen molar-refractivity contribution in [2.45, 2.75) is 25.1 Å². The van der Waals surface area contributed by atoms with Crippen LogP contribution in [-0.4, -0.2) is 97.2 Å². The highest BCUT2D eigenvalue weighted by atomic mass is 16.5. The average molecular weight is 394 g/mol. The zero-order chi connectivity index (χ0) is 20.5. The van der Waals surface area contributed by atoms with Crippen molar-refractivity contribution in [3.8, 4) is 0 Å². The van der Waals surface area contributed by atoms with Gasteiger partial charge in [-0.2, -0.15) is 5.10 Å². The Morgan fingerprint density at radius 2 is 2.21 bits per heavy atom. The third-order valence-corrected chi connectivity index (χ3v) is 4.23. The third-order valence-electron chi connectivity index (χ3n) is 4.23. The van der Waals surface area contributed by atoms with E-state index in [1.165, 1.54) is 6.33 Å². The fourth-order valence-electron chi connectivity index (χ4n) is 3.15.